The molecule has 1 amide bonds. The van der Waals surface area contributed by atoms with Crippen molar-refractivity contribution in [1.82, 2.24) is 9.62 Å². The summed E-state index contributed by atoms with van der Waals surface area (Å²) in [6.45, 7) is 4.59. The molecule has 6 heteroatoms. The van der Waals surface area contributed by atoms with E-state index in [1.807, 2.05) is 13.8 Å². The monoisotopic (exact) mass is 276 g/mol. The molecule has 0 saturated heterocycles. The second kappa shape index (κ2) is 6.52. The molecule has 1 atom stereocenters. The molecule has 1 unspecified atom stereocenters. The molecule has 0 aromatic heterocycles. The number of carbonyl (C=O) groups is 1. The average Bonchev–Trinajstić information content (AvgIpc) is 2.19. The number of amides is 1. The molecule has 1 N–H and O–H groups in total. The van der Waals surface area contributed by atoms with Gasteiger partial charge in [0.2, 0.25) is 15.9 Å². The van der Waals surface area contributed by atoms with Crippen LogP contribution in [0.2, 0.25) is 0 Å². The Balaban J connectivity index is 2.40. The van der Waals surface area contributed by atoms with Gasteiger partial charge in [0.05, 0.1) is 6.26 Å². The van der Waals surface area contributed by atoms with Crippen molar-refractivity contribution >= 4 is 15.9 Å². The highest BCUT2D eigenvalue weighted by atomic mass is 32.2. The van der Waals surface area contributed by atoms with Gasteiger partial charge in [-0.15, -0.1) is 0 Å². The van der Waals surface area contributed by atoms with E-state index in [4.69, 9.17) is 0 Å². The van der Waals surface area contributed by atoms with Gasteiger partial charge in [0.1, 0.15) is 0 Å². The Labute approximate surface area is 110 Å². The van der Waals surface area contributed by atoms with E-state index in [1.165, 1.54) is 10.6 Å². The SMILES string of the molecule is CCC(C)N(CCNC(=O)C1CCC1)S(C)(=O)=O. The Hall–Kier alpha value is -0.620. The Morgan fingerprint density at radius 3 is 2.44 bits per heavy atom. The lowest BCUT2D eigenvalue weighted by Gasteiger charge is -2.27. The van der Waals surface area contributed by atoms with Gasteiger partial charge in [-0.3, -0.25) is 4.79 Å². The van der Waals surface area contributed by atoms with E-state index in [0.717, 1.165) is 25.7 Å². The summed E-state index contributed by atoms with van der Waals surface area (Å²) in [5, 5.41) is 2.82. The van der Waals surface area contributed by atoms with Crippen LogP contribution in [-0.2, 0) is 14.8 Å². The van der Waals surface area contributed by atoms with E-state index in [2.05, 4.69) is 5.32 Å². The molecule has 1 fully saturated rings. The third-order valence-electron chi connectivity index (χ3n) is 3.62. The van der Waals surface area contributed by atoms with Crippen molar-refractivity contribution in [3.8, 4) is 0 Å². The van der Waals surface area contributed by atoms with Gasteiger partial charge in [-0.1, -0.05) is 13.3 Å². The smallest absolute Gasteiger partial charge is 0.223 e. The van der Waals surface area contributed by atoms with Crippen LogP contribution in [0, 0.1) is 5.92 Å². The zero-order valence-electron chi connectivity index (χ0n) is 11.5. The van der Waals surface area contributed by atoms with Gasteiger partial charge in [-0.25, -0.2) is 8.42 Å². The lowest BCUT2D eigenvalue weighted by molar-refractivity contribution is -0.127. The highest BCUT2D eigenvalue weighted by molar-refractivity contribution is 7.88. The van der Waals surface area contributed by atoms with Crippen LogP contribution < -0.4 is 5.32 Å². The molecule has 1 aliphatic carbocycles. The number of carbonyl (C=O) groups excluding carboxylic acids is 1. The predicted octanol–water partition coefficient (Wildman–Crippen LogP) is 0.963. The van der Waals surface area contributed by atoms with Crippen LogP contribution in [-0.4, -0.2) is 44.0 Å². The summed E-state index contributed by atoms with van der Waals surface area (Å²) in [6, 6.07) is -0.0272. The number of hydrogen-bond acceptors (Lipinski definition) is 3. The quantitative estimate of drug-likeness (QED) is 0.753. The maximum Gasteiger partial charge on any atom is 0.223 e. The number of nitrogens with one attached hydrogen (secondary N) is 1. The van der Waals surface area contributed by atoms with Crippen LogP contribution in [0.3, 0.4) is 0 Å². The van der Waals surface area contributed by atoms with Crippen molar-refractivity contribution in [2.24, 2.45) is 5.92 Å². The number of nitrogens with zero attached hydrogens (tertiary/aromatic N) is 1. The first-order valence-corrected chi connectivity index (χ1v) is 8.45. The van der Waals surface area contributed by atoms with Crippen molar-refractivity contribution in [2.75, 3.05) is 19.3 Å². The third kappa shape index (κ3) is 4.24. The average molecular weight is 276 g/mol. The zero-order valence-corrected chi connectivity index (χ0v) is 12.3. The van der Waals surface area contributed by atoms with Gasteiger partial charge >= 0.3 is 0 Å². The van der Waals surface area contributed by atoms with Gasteiger partial charge in [0.25, 0.3) is 0 Å². The third-order valence-corrected chi connectivity index (χ3v) is 5.01. The second-order valence-corrected chi connectivity index (χ2v) is 6.98. The Kier molecular flexibility index (Phi) is 5.59. The van der Waals surface area contributed by atoms with Gasteiger partial charge in [-0.2, -0.15) is 4.31 Å². The summed E-state index contributed by atoms with van der Waals surface area (Å²) in [5.41, 5.74) is 0. The van der Waals surface area contributed by atoms with Gasteiger partial charge in [-0.05, 0) is 26.2 Å². The molecule has 1 aliphatic rings. The maximum absolute atomic E-state index is 11.6. The highest BCUT2D eigenvalue weighted by Gasteiger charge is 2.26. The van der Waals surface area contributed by atoms with E-state index >= 15 is 0 Å². The van der Waals surface area contributed by atoms with Crippen molar-refractivity contribution in [1.29, 1.82) is 0 Å². The molecule has 1 saturated carbocycles. The van der Waals surface area contributed by atoms with Crippen LogP contribution in [0.1, 0.15) is 39.5 Å². The first-order chi connectivity index (χ1) is 8.36. The largest absolute Gasteiger partial charge is 0.355 e. The van der Waals surface area contributed by atoms with E-state index in [9.17, 15) is 13.2 Å². The summed E-state index contributed by atoms with van der Waals surface area (Å²) >= 11 is 0. The molecule has 0 aromatic carbocycles. The molecule has 0 aromatic rings. The molecule has 0 radical (unpaired) electrons. The van der Waals surface area contributed by atoms with Crippen LogP contribution in [0.25, 0.3) is 0 Å². The van der Waals surface area contributed by atoms with Crippen LogP contribution in [0.4, 0.5) is 0 Å². The molecule has 0 aliphatic heterocycles. The molecular formula is C12H24N2O3S. The van der Waals surface area contributed by atoms with E-state index in [0.29, 0.717) is 13.1 Å². The molecule has 0 spiro atoms. The van der Waals surface area contributed by atoms with Crippen molar-refractivity contribution < 1.29 is 13.2 Å². The number of sulfonamides is 1. The van der Waals surface area contributed by atoms with Crippen LogP contribution in [0.5, 0.6) is 0 Å². The first-order valence-electron chi connectivity index (χ1n) is 6.60. The fourth-order valence-electron chi connectivity index (χ4n) is 2.02. The van der Waals surface area contributed by atoms with E-state index in [1.54, 1.807) is 0 Å². The molecular weight excluding hydrogens is 252 g/mol. The fourth-order valence-corrected chi connectivity index (χ4v) is 3.25. The van der Waals surface area contributed by atoms with Gasteiger partial charge in [0.15, 0.2) is 0 Å². The summed E-state index contributed by atoms with van der Waals surface area (Å²) in [7, 11) is -3.20. The van der Waals surface area contributed by atoms with Crippen LogP contribution >= 0.6 is 0 Å². The Morgan fingerprint density at radius 1 is 1.44 bits per heavy atom. The zero-order chi connectivity index (χ0) is 13.8. The fraction of sp³-hybridized carbons (Fsp3) is 0.917. The summed E-state index contributed by atoms with van der Waals surface area (Å²) < 4.78 is 24.7. The molecule has 5 nitrogen and oxygen atoms in total. The van der Waals surface area contributed by atoms with Crippen molar-refractivity contribution in [2.45, 2.75) is 45.6 Å². The van der Waals surface area contributed by atoms with Crippen molar-refractivity contribution in [3.63, 3.8) is 0 Å². The minimum atomic E-state index is -3.20. The molecule has 0 heterocycles. The predicted molar refractivity (Wildman–Crippen MR) is 71.7 cm³/mol. The van der Waals surface area contributed by atoms with Gasteiger partial charge in [0, 0.05) is 25.0 Å². The van der Waals surface area contributed by atoms with Gasteiger partial charge < -0.3 is 5.32 Å². The number of rotatable bonds is 7. The van der Waals surface area contributed by atoms with E-state index < -0.39 is 10.0 Å². The Morgan fingerprint density at radius 2 is 2.06 bits per heavy atom. The topological polar surface area (TPSA) is 66.5 Å². The molecule has 18 heavy (non-hydrogen) atoms. The summed E-state index contributed by atoms with van der Waals surface area (Å²) in [6.07, 6.45) is 5.04. The Bertz CT molecular complexity index is 377. The highest BCUT2D eigenvalue weighted by Crippen LogP contribution is 2.26. The van der Waals surface area contributed by atoms with Crippen LogP contribution in [0.15, 0.2) is 0 Å². The molecule has 106 valence electrons. The summed E-state index contributed by atoms with van der Waals surface area (Å²) in [4.78, 5) is 11.6. The standard InChI is InChI=1S/C12H24N2O3S/c1-4-10(2)14(18(3,16)17)9-8-13-12(15)11-6-5-7-11/h10-11H,4-9H2,1-3H3,(H,13,15). The molecule has 1 rings (SSSR count). The van der Waals surface area contributed by atoms with E-state index in [-0.39, 0.29) is 17.9 Å². The normalized spacial score (nSPS) is 18.4. The minimum Gasteiger partial charge on any atom is -0.355 e. The maximum atomic E-state index is 11.6. The number of hydrogen-bond donors (Lipinski definition) is 1. The lowest BCUT2D eigenvalue weighted by atomic mass is 9.85. The summed E-state index contributed by atoms with van der Waals surface area (Å²) in [5.74, 6) is 0.221. The lowest BCUT2D eigenvalue weighted by Crippen LogP contribution is -2.44. The minimum absolute atomic E-state index is 0.0272. The van der Waals surface area contributed by atoms with Crippen molar-refractivity contribution in [3.05, 3.63) is 0 Å². The second-order valence-electron chi connectivity index (χ2n) is 5.05. The first kappa shape index (κ1) is 15.4. The molecule has 0 bridgehead atoms.